The fourth-order valence-electron chi connectivity index (χ4n) is 0.751. The number of ketones is 1. The van der Waals surface area contributed by atoms with Crippen molar-refractivity contribution in [2.75, 3.05) is 0 Å². The van der Waals surface area contributed by atoms with Crippen molar-refractivity contribution in [3.63, 3.8) is 0 Å². The number of rotatable bonds is 3. The molecule has 0 heterocycles. The molecule has 0 aromatic heterocycles. The van der Waals surface area contributed by atoms with Crippen LogP contribution in [0.3, 0.4) is 0 Å². The number of nitrogens with zero attached hydrogens (tertiary/aromatic N) is 1. The van der Waals surface area contributed by atoms with Gasteiger partial charge in [0.1, 0.15) is 6.07 Å². The van der Waals surface area contributed by atoms with Gasteiger partial charge in [0, 0.05) is 5.92 Å². The van der Waals surface area contributed by atoms with Gasteiger partial charge in [0.15, 0.2) is 0 Å². The van der Waals surface area contributed by atoms with Crippen LogP contribution in [0.25, 0.3) is 0 Å². The Balaban J connectivity index is 3.83. The van der Waals surface area contributed by atoms with E-state index in [1.807, 2.05) is 13.8 Å². The lowest BCUT2D eigenvalue weighted by molar-refractivity contribution is -0.117. The minimum absolute atomic E-state index is 0.0324. The average Bonchev–Trinajstić information content (AvgIpc) is 1.90. The summed E-state index contributed by atoms with van der Waals surface area (Å²) in [6.45, 7) is 3.84. The second-order valence-electron chi connectivity index (χ2n) is 1.99. The molecule has 0 aromatic rings. The zero-order valence-electron chi connectivity index (χ0n) is 5.85. The third-order valence-corrected chi connectivity index (χ3v) is 1.47. The SMILES string of the molecule is CCC(CC)C(=O)C#N. The molecule has 0 aliphatic heterocycles. The molecule has 2 nitrogen and oxygen atoms in total. The number of carbonyl (C=O) groups excluding carboxylic acids is 1. The van der Waals surface area contributed by atoms with Gasteiger partial charge in [-0.1, -0.05) is 13.8 Å². The van der Waals surface area contributed by atoms with E-state index >= 15 is 0 Å². The van der Waals surface area contributed by atoms with Gasteiger partial charge in [-0.25, -0.2) is 0 Å². The first-order chi connectivity index (χ1) is 4.26. The number of hydrogen-bond donors (Lipinski definition) is 0. The van der Waals surface area contributed by atoms with E-state index in [-0.39, 0.29) is 11.7 Å². The smallest absolute Gasteiger partial charge is 0.234 e. The van der Waals surface area contributed by atoms with Crippen molar-refractivity contribution in [2.45, 2.75) is 26.7 Å². The normalized spacial score (nSPS) is 9.11. The number of carbonyl (C=O) groups is 1. The first-order valence-electron chi connectivity index (χ1n) is 3.20. The molecule has 0 aromatic carbocycles. The van der Waals surface area contributed by atoms with Crippen LogP contribution in [0, 0.1) is 17.2 Å². The molecule has 50 valence electrons. The summed E-state index contributed by atoms with van der Waals surface area (Å²) < 4.78 is 0. The second kappa shape index (κ2) is 4.08. The maximum atomic E-state index is 10.6. The largest absolute Gasteiger partial charge is 0.282 e. The third kappa shape index (κ3) is 2.27. The van der Waals surface area contributed by atoms with Gasteiger partial charge in [-0.3, -0.25) is 4.79 Å². The van der Waals surface area contributed by atoms with Crippen molar-refractivity contribution < 1.29 is 4.79 Å². The van der Waals surface area contributed by atoms with Crippen molar-refractivity contribution in [1.29, 1.82) is 5.26 Å². The van der Waals surface area contributed by atoms with E-state index in [9.17, 15) is 4.79 Å². The molecule has 0 unspecified atom stereocenters. The Labute approximate surface area is 55.5 Å². The lowest BCUT2D eigenvalue weighted by Gasteiger charge is -2.02. The monoisotopic (exact) mass is 125 g/mol. The van der Waals surface area contributed by atoms with E-state index < -0.39 is 0 Å². The highest BCUT2D eigenvalue weighted by atomic mass is 16.1. The quantitative estimate of drug-likeness (QED) is 0.536. The first kappa shape index (κ1) is 8.16. The highest BCUT2D eigenvalue weighted by Gasteiger charge is 2.11. The molecule has 0 aliphatic rings. The molecule has 0 saturated heterocycles. The first-order valence-corrected chi connectivity index (χ1v) is 3.20. The summed E-state index contributed by atoms with van der Waals surface area (Å²) in [7, 11) is 0. The zero-order valence-corrected chi connectivity index (χ0v) is 5.85. The molecule has 0 rings (SSSR count). The summed E-state index contributed by atoms with van der Waals surface area (Å²) >= 11 is 0. The molecular formula is C7H11NO. The van der Waals surface area contributed by atoms with E-state index in [1.54, 1.807) is 6.07 Å². The van der Waals surface area contributed by atoms with Crippen molar-refractivity contribution in [3.8, 4) is 6.07 Å². The van der Waals surface area contributed by atoms with Crippen LogP contribution in [0.1, 0.15) is 26.7 Å². The minimum atomic E-state index is -0.278. The summed E-state index contributed by atoms with van der Waals surface area (Å²) in [6, 6.07) is 1.63. The lowest BCUT2D eigenvalue weighted by Crippen LogP contribution is -2.09. The Kier molecular flexibility index (Phi) is 3.70. The Morgan fingerprint density at radius 1 is 1.56 bits per heavy atom. The van der Waals surface area contributed by atoms with Crippen LogP contribution < -0.4 is 0 Å². The predicted molar refractivity (Wildman–Crippen MR) is 34.7 cm³/mol. The molecule has 0 bridgehead atoms. The van der Waals surface area contributed by atoms with Crippen molar-refractivity contribution >= 4 is 5.78 Å². The van der Waals surface area contributed by atoms with E-state index in [0.717, 1.165) is 12.8 Å². The minimum Gasteiger partial charge on any atom is -0.282 e. The number of Topliss-reactive ketones (excluding diaryl/α,β-unsaturated/α-hetero) is 1. The van der Waals surface area contributed by atoms with E-state index in [0.29, 0.717) is 0 Å². The molecule has 2 heteroatoms. The van der Waals surface area contributed by atoms with Gasteiger partial charge in [0.25, 0.3) is 0 Å². The van der Waals surface area contributed by atoms with Crippen LogP contribution in [0.15, 0.2) is 0 Å². The van der Waals surface area contributed by atoms with E-state index in [1.165, 1.54) is 0 Å². The molecule has 0 fully saturated rings. The summed E-state index contributed by atoms with van der Waals surface area (Å²) in [6.07, 6.45) is 1.56. The van der Waals surface area contributed by atoms with Crippen LogP contribution >= 0.6 is 0 Å². The van der Waals surface area contributed by atoms with Crippen molar-refractivity contribution in [2.24, 2.45) is 5.92 Å². The maximum absolute atomic E-state index is 10.6. The Morgan fingerprint density at radius 2 is 2.00 bits per heavy atom. The molecule has 0 atom stereocenters. The van der Waals surface area contributed by atoms with Gasteiger partial charge in [-0.2, -0.15) is 5.26 Å². The lowest BCUT2D eigenvalue weighted by atomic mass is 9.99. The van der Waals surface area contributed by atoms with E-state index in [4.69, 9.17) is 5.26 Å². The van der Waals surface area contributed by atoms with Gasteiger partial charge in [0.2, 0.25) is 5.78 Å². The van der Waals surface area contributed by atoms with Gasteiger partial charge >= 0.3 is 0 Å². The van der Waals surface area contributed by atoms with Crippen molar-refractivity contribution in [1.82, 2.24) is 0 Å². The highest BCUT2D eigenvalue weighted by Crippen LogP contribution is 2.07. The topological polar surface area (TPSA) is 40.9 Å². The van der Waals surface area contributed by atoms with Gasteiger partial charge in [-0.05, 0) is 12.8 Å². The average molecular weight is 125 g/mol. The zero-order chi connectivity index (χ0) is 7.28. The fraction of sp³-hybridized carbons (Fsp3) is 0.714. The Hall–Kier alpha value is -0.840. The molecule has 0 aliphatic carbocycles. The third-order valence-electron chi connectivity index (χ3n) is 1.47. The molecule has 0 saturated carbocycles. The highest BCUT2D eigenvalue weighted by molar-refractivity contribution is 5.95. The van der Waals surface area contributed by atoms with Crippen LogP contribution in [-0.4, -0.2) is 5.78 Å². The molecule has 0 amide bonds. The molecule has 9 heavy (non-hydrogen) atoms. The van der Waals surface area contributed by atoms with Crippen LogP contribution in [0.4, 0.5) is 0 Å². The summed E-state index contributed by atoms with van der Waals surface area (Å²) in [5.74, 6) is -0.310. The Morgan fingerprint density at radius 3 is 2.11 bits per heavy atom. The summed E-state index contributed by atoms with van der Waals surface area (Å²) in [4.78, 5) is 10.6. The molecule has 0 N–H and O–H groups in total. The Bertz CT molecular complexity index is 130. The van der Waals surface area contributed by atoms with Crippen LogP contribution in [-0.2, 0) is 4.79 Å². The fourth-order valence-corrected chi connectivity index (χ4v) is 0.751. The number of nitriles is 1. The molecular weight excluding hydrogens is 114 g/mol. The predicted octanol–water partition coefficient (Wildman–Crippen LogP) is 1.52. The van der Waals surface area contributed by atoms with Gasteiger partial charge < -0.3 is 0 Å². The summed E-state index contributed by atoms with van der Waals surface area (Å²) in [5.41, 5.74) is 0. The number of hydrogen-bond acceptors (Lipinski definition) is 2. The van der Waals surface area contributed by atoms with E-state index in [2.05, 4.69) is 0 Å². The summed E-state index contributed by atoms with van der Waals surface area (Å²) in [5, 5.41) is 8.17. The van der Waals surface area contributed by atoms with Crippen molar-refractivity contribution in [3.05, 3.63) is 0 Å². The van der Waals surface area contributed by atoms with Gasteiger partial charge in [-0.15, -0.1) is 0 Å². The standard InChI is InChI=1S/C7H11NO/c1-3-6(4-2)7(9)5-8/h6H,3-4H2,1-2H3. The molecule has 0 radical (unpaired) electrons. The molecule has 0 spiro atoms. The van der Waals surface area contributed by atoms with Gasteiger partial charge in [0.05, 0.1) is 0 Å². The second-order valence-corrected chi connectivity index (χ2v) is 1.99. The maximum Gasteiger partial charge on any atom is 0.234 e. The van der Waals surface area contributed by atoms with Crippen LogP contribution in [0.2, 0.25) is 0 Å². The van der Waals surface area contributed by atoms with Crippen LogP contribution in [0.5, 0.6) is 0 Å².